The highest BCUT2D eigenvalue weighted by molar-refractivity contribution is 6.08. The number of aliphatic hydroxyl groups is 1. The minimum absolute atomic E-state index is 0.237. The molecule has 0 saturated carbocycles. The van der Waals surface area contributed by atoms with E-state index in [-0.39, 0.29) is 23.6 Å². The summed E-state index contributed by atoms with van der Waals surface area (Å²) in [7, 11) is 3.44. The Balaban J connectivity index is 1.00. The molecule has 252 valence electrons. The third-order valence-corrected chi connectivity index (χ3v) is 8.53. The summed E-state index contributed by atoms with van der Waals surface area (Å²) in [5.74, 6) is -1.40. The van der Waals surface area contributed by atoms with Crippen molar-refractivity contribution in [1.82, 2.24) is 24.3 Å². The lowest BCUT2D eigenvalue weighted by Gasteiger charge is -2.29. The van der Waals surface area contributed by atoms with Crippen LogP contribution in [0, 0.1) is 0 Å². The summed E-state index contributed by atoms with van der Waals surface area (Å²) in [4.78, 5) is 58.1. The van der Waals surface area contributed by atoms with Gasteiger partial charge < -0.3 is 40.4 Å². The first-order valence-corrected chi connectivity index (χ1v) is 16.0. The lowest BCUT2D eigenvalue weighted by atomic mass is 10.1. The number of fused-ring (bicyclic) bond motifs is 1. The molecular weight excluding hydrogens is 624 g/mol. The first kappa shape index (κ1) is 33.1. The van der Waals surface area contributed by atoms with Gasteiger partial charge in [0, 0.05) is 75.5 Å². The van der Waals surface area contributed by atoms with E-state index in [0.29, 0.717) is 47.1 Å². The Morgan fingerprint density at radius 1 is 0.735 bits per heavy atom. The van der Waals surface area contributed by atoms with Gasteiger partial charge in [-0.05, 0) is 60.7 Å². The summed E-state index contributed by atoms with van der Waals surface area (Å²) in [6, 6.07) is 19.0. The Hall–Kier alpha value is -5.79. The van der Waals surface area contributed by atoms with E-state index in [1.54, 1.807) is 84.3 Å². The van der Waals surface area contributed by atoms with Gasteiger partial charge in [-0.3, -0.25) is 24.2 Å². The number of likely N-dealkylation sites (tertiary alicyclic amines) is 1. The number of rotatable bonds is 10. The highest BCUT2D eigenvalue weighted by Gasteiger charge is 2.19. The molecule has 0 aliphatic carbocycles. The molecule has 5 N–H and O–H groups in total. The molecule has 0 bridgehead atoms. The summed E-state index contributed by atoms with van der Waals surface area (Å²) < 4.78 is 3.26. The first-order chi connectivity index (χ1) is 23.6. The van der Waals surface area contributed by atoms with E-state index in [4.69, 9.17) is 0 Å². The predicted molar refractivity (Wildman–Crippen MR) is 187 cm³/mol. The quantitative estimate of drug-likeness (QED) is 0.152. The van der Waals surface area contributed by atoms with Crippen molar-refractivity contribution in [3.63, 3.8) is 0 Å². The fourth-order valence-electron chi connectivity index (χ4n) is 5.78. The second-order valence-electron chi connectivity index (χ2n) is 12.1. The third-order valence-electron chi connectivity index (χ3n) is 8.53. The molecule has 2 aromatic carbocycles. The number of amides is 4. The topological polar surface area (TPSA) is 163 Å². The van der Waals surface area contributed by atoms with Crippen LogP contribution in [0.3, 0.4) is 0 Å². The number of anilines is 3. The number of hydrogen-bond acceptors (Lipinski definition) is 7. The molecule has 3 aromatic heterocycles. The molecule has 0 unspecified atom stereocenters. The molecule has 1 saturated heterocycles. The van der Waals surface area contributed by atoms with Gasteiger partial charge in [0.1, 0.15) is 17.1 Å². The smallest absolute Gasteiger partial charge is 0.274 e. The summed E-state index contributed by atoms with van der Waals surface area (Å²) in [6.07, 6.45) is 6.21. The van der Waals surface area contributed by atoms with Crippen LogP contribution in [-0.2, 0) is 14.1 Å². The molecule has 0 radical (unpaired) electrons. The van der Waals surface area contributed by atoms with Crippen molar-refractivity contribution in [1.29, 1.82) is 0 Å². The van der Waals surface area contributed by atoms with E-state index in [2.05, 4.69) is 31.2 Å². The average molecular weight is 663 g/mol. The molecule has 0 spiro atoms. The number of nitrogens with zero attached hydrogens (tertiary/aromatic N) is 4. The lowest BCUT2D eigenvalue weighted by Crippen LogP contribution is -2.41. The van der Waals surface area contributed by atoms with Crippen LogP contribution in [0.1, 0.15) is 54.7 Å². The summed E-state index contributed by atoms with van der Waals surface area (Å²) in [5, 5.41) is 22.8. The first-order valence-electron chi connectivity index (χ1n) is 16.0. The van der Waals surface area contributed by atoms with Gasteiger partial charge in [-0.15, -0.1) is 0 Å². The Morgan fingerprint density at radius 3 is 2.00 bits per heavy atom. The number of carbonyl (C=O) groups excluding carboxylic acids is 4. The van der Waals surface area contributed by atoms with Crippen LogP contribution in [0.2, 0.25) is 0 Å². The molecule has 0 atom stereocenters. The van der Waals surface area contributed by atoms with Crippen LogP contribution in [0.5, 0.6) is 0 Å². The zero-order chi connectivity index (χ0) is 34.5. The van der Waals surface area contributed by atoms with Gasteiger partial charge in [-0.1, -0.05) is 24.3 Å². The standard InChI is InChI=1S/C36H38N8O5/c1-42-21-27(18-31(42)35(48)37-13-16-44-14-11-29(45)12-15-44)40-33(46)23-7-9-26(10-8-23)39-36(49)32-19-28(22-43(32)2)41-34(47)30-17-24-5-3-4-6-25(24)20-38-30/h3-10,17-22,29,45H,11-16H2,1-2H3,(H,37,48)(H,39,49)(H,40,46)(H,41,47). The van der Waals surface area contributed by atoms with Gasteiger partial charge >= 0.3 is 0 Å². The highest BCUT2D eigenvalue weighted by atomic mass is 16.3. The molecule has 49 heavy (non-hydrogen) atoms. The lowest BCUT2D eigenvalue weighted by molar-refractivity contribution is 0.0802. The minimum Gasteiger partial charge on any atom is -0.393 e. The van der Waals surface area contributed by atoms with E-state index in [0.717, 1.165) is 36.7 Å². The van der Waals surface area contributed by atoms with E-state index in [9.17, 15) is 24.3 Å². The molecule has 6 rings (SSSR count). The molecular formula is C36H38N8O5. The molecule has 13 heteroatoms. The SMILES string of the molecule is Cn1cc(NC(=O)c2ccc(NC(=O)c3cc(NC(=O)c4cc5ccccc5cn4)cn3C)cc2)cc1C(=O)NCCN1CCC(O)CC1. The number of aryl methyl sites for hydroxylation is 2. The molecule has 5 aromatic rings. The summed E-state index contributed by atoms with van der Waals surface area (Å²) in [5.41, 5.74) is 2.76. The van der Waals surface area contributed by atoms with Gasteiger partial charge in [0.15, 0.2) is 0 Å². The summed E-state index contributed by atoms with van der Waals surface area (Å²) >= 11 is 0. The van der Waals surface area contributed by atoms with Crippen molar-refractivity contribution in [3.05, 3.63) is 108 Å². The number of carbonyl (C=O) groups is 4. The molecule has 1 aliphatic heterocycles. The number of aliphatic hydroxyl groups excluding tert-OH is 1. The van der Waals surface area contributed by atoms with Crippen LogP contribution >= 0.6 is 0 Å². The molecule has 1 aliphatic rings. The molecule has 13 nitrogen and oxygen atoms in total. The Labute approximate surface area is 282 Å². The van der Waals surface area contributed by atoms with Crippen LogP contribution in [-0.4, -0.2) is 80.0 Å². The Morgan fingerprint density at radius 2 is 1.33 bits per heavy atom. The van der Waals surface area contributed by atoms with Crippen LogP contribution < -0.4 is 21.3 Å². The molecule has 4 amide bonds. The molecule has 1 fully saturated rings. The minimum atomic E-state index is -0.395. The zero-order valence-corrected chi connectivity index (χ0v) is 27.3. The van der Waals surface area contributed by atoms with Crippen LogP contribution in [0.25, 0.3) is 10.8 Å². The Bertz CT molecular complexity index is 2010. The maximum Gasteiger partial charge on any atom is 0.274 e. The average Bonchev–Trinajstić information content (AvgIpc) is 3.66. The zero-order valence-electron chi connectivity index (χ0n) is 27.3. The normalized spacial score (nSPS) is 13.6. The number of pyridine rings is 1. The maximum absolute atomic E-state index is 13.1. The third kappa shape index (κ3) is 8.03. The number of piperidine rings is 1. The largest absolute Gasteiger partial charge is 0.393 e. The van der Waals surface area contributed by atoms with E-state index in [1.807, 2.05) is 24.3 Å². The monoisotopic (exact) mass is 662 g/mol. The van der Waals surface area contributed by atoms with Gasteiger partial charge in [0.25, 0.3) is 23.6 Å². The van der Waals surface area contributed by atoms with E-state index in [1.165, 1.54) is 0 Å². The summed E-state index contributed by atoms with van der Waals surface area (Å²) in [6.45, 7) is 2.81. The predicted octanol–water partition coefficient (Wildman–Crippen LogP) is 3.86. The van der Waals surface area contributed by atoms with Crippen molar-refractivity contribution >= 4 is 51.5 Å². The number of aromatic nitrogens is 3. The van der Waals surface area contributed by atoms with Crippen LogP contribution in [0.4, 0.5) is 17.1 Å². The van der Waals surface area contributed by atoms with Crippen molar-refractivity contribution in [3.8, 4) is 0 Å². The maximum atomic E-state index is 13.1. The number of benzene rings is 2. The van der Waals surface area contributed by atoms with E-state index < -0.39 is 11.8 Å². The van der Waals surface area contributed by atoms with Crippen molar-refractivity contribution in [2.45, 2.75) is 18.9 Å². The van der Waals surface area contributed by atoms with Crippen LogP contribution in [0.15, 0.2) is 85.3 Å². The number of hydrogen-bond donors (Lipinski definition) is 5. The van der Waals surface area contributed by atoms with Crippen molar-refractivity contribution in [2.24, 2.45) is 14.1 Å². The van der Waals surface area contributed by atoms with Crippen molar-refractivity contribution in [2.75, 3.05) is 42.1 Å². The van der Waals surface area contributed by atoms with Gasteiger partial charge in [0.05, 0.1) is 17.5 Å². The van der Waals surface area contributed by atoms with E-state index >= 15 is 0 Å². The van der Waals surface area contributed by atoms with Gasteiger partial charge in [0.2, 0.25) is 0 Å². The second-order valence-corrected chi connectivity index (χ2v) is 12.1. The van der Waals surface area contributed by atoms with Gasteiger partial charge in [-0.25, -0.2) is 0 Å². The second kappa shape index (κ2) is 14.5. The fourth-order valence-corrected chi connectivity index (χ4v) is 5.78. The highest BCUT2D eigenvalue weighted by Crippen LogP contribution is 2.20. The fraction of sp³-hybridized carbons (Fsp3) is 0.250. The van der Waals surface area contributed by atoms with Crippen molar-refractivity contribution < 1.29 is 24.3 Å². The number of nitrogens with one attached hydrogen (secondary N) is 4. The van der Waals surface area contributed by atoms with Gasteiger partial charge in [-0.2, -0.15) is 0 Å². The molecule has 4 heterocycles. The Kier molecular flexibility index (Phi) is 9.83.